The summed E-state index contributed by atoms with van der Waals surface area (Å²) >= 11 is 0. The molecule has 0 aromatic heterocycles. The fourth-order valence-corrected chi connectivity index (χ4v) is 1.56. The summed E-state index contributed by atoms with van der Waals surface area (Å²) < 4.78 is 5.05. The first kappa shape index (κ1) is 14.8. The molecule has 102 valence electrons. The largest absolute Gasteiger partial charge is 0.507 e. The number of benzene rings is 1. The molecule has 1 aromatic rings. The minimum atomic E-state index is 0.277. The first-order valence-electron chi connectivity index (χ1n) is 6.31. The van der Waals surface area contributed by atoms with Crippen LogP contribution >= 0.6 is 0 Å². The summed E-state index contributed by atoms with van der Waals surface area (Å²) in [5, 5.41) is 13.1. The van der Waals surface area contributed by atoms with Crippen LogP contribution in [0.5, 0.6) is 11.5 Å². The number of nitrogens with zero attached hydrogens (tertiary/aromatic N) is 1. The Morgan fingerprint density at radius 3 is 2.67 bits per heavy atom. The summed E-state index contributed by atoms with van der Waals surface area (Å²) in [4.78, 5) is 2.28. The third kappa shape index (κ3) is 4.55. The van der Waals surface area contributed by atoms with Crippen LogP contribution in [0.2, 0.25) is 0 Å². The fraction of sp³-hybridized carbons (Fsp3) is 0.571. The van der Waals surface area contributed by atoms with E-state index in [9.17, 15) is 5.11 Å². The molecule has 2 N–H and O–H groups in total. The number of nitrogens with one attached hydrogen (secondary N) is 1. The standard InChI is InChI=1S/C14H24N2O2/c1-11(2)16(3)8-7-15-10-12-5-6-13(18-4)9-14(12)17/h5-6,9,11,15,17H,7-8,10H2,1-4H3. The van der Waals surface area contributed by atoms with E-state index < -0.39 is 0 Å². The number of phenolic OH excluding ortho intramolecular Hbond substituents is 1. The van der Waals surface area contributed by atoms with Gasteiger partial charge in [0.15, 0.2) is 0 Å². The summed E-state index contributed by atoms with van der Waals surface area (Å²) in [5.74, 6) is 0.954. The number of likely N-dealkylation sites (N-methyl/N-ethyl adjacent to an activating group) is 1. The third-order valence-corrected chi connectivity index (χ3v) is 3.13. The first-order valence-corrected chi connectivity index (χ1v) is 6.31. The summed E-state index contributed by atoms with van der Waals surface area (Å²) in [6, 6.07) is 5.93. The molecule has 0 unspecified atom stereocenters. The van der Waals surface area contributed by atoms with Gasteiger partial charge in [-0.1, -0.05) is 6.07 Å². The van der Waals surface area contributed by atoms with Crippen LogP contribution in [0.15, 0.2) is 18.2 Å². The summed E-state index contributed by atoms with van der Waals surface area (Å²) in [7, 11) is 3.70. The lowest BCUT2D eigenvalue weighted by atomic mass is 10.2. The third-order valence-electron chi connectivity index (χ3n) is 3.13. The molecule has 0 amide bonds. The Hall–Kier alpha value is -1.26. The van der Waals surface area contributed by atoms with Gasteiger partial charge in [-0.2, -0.15) is 0 Å². The molecule has 0 aliphatic rings. The molecule has 0 heterocycles. The Labute approximate surface area is 110 Å². The van der Waals surface area contributed by atoms with Crippen LogP contribution in [0.4, 0.5) is 0 Å². The monoisotopic (exact) mass is 252 g/mol. The number of aromatic hydroxyl groups is 1. The number of phenols is 1. The SMILES string of the molecule is COc1ccc(CNCCN(C)C(C)C)c(O)c1. The molecule has 0 aliphatic carbocycles. The van der Waals surface area contributed by atoms with Gasteiger partial charge in [-0.25, -0.2) is 0 Å². The highest BCUT2D eigenvalue weighted by Gasteiger charge is 2.04. The number of ether oxygens (including phenoxy) is 1. The molecule has 0 aliphatic heterocycles. The molecule has 18 heavy (non-hydrogen) atoms. The molecule has 0 radical (unpaired) electrons. The zero-order valence-electron chi connectivity index (χ0n) is 11.7. The van der Waals surface area contributed by atoms with Gasteiger partial charge in [-0.05, 0) is 27.0 Å². The van der Waals surface area contributed by atoms with E-state index in [1.807, 2.05) is 12.1 Å². The Bertz CT molecular complexity index is 367. The van der Waals surface area contributed by atoms with Crippen molar-refractivity contribution in [1.82, 2.24) is 10.2 Å². The van der Waals surface area contributed by atoms with E-state index in [4.69, 9.17) is 4.74 Å². The van der Waals surface area contributed by atoms with Crippen molar-refractivity contribution in [3.05, 3.63) is 23.8 Å². The molecule has 0 saturated heterocycles. The summed E-state index contributed by atoms with van der Waals surface area (Å²) in [6.45, 7) is 6.92. The second-order valence-electron chi connectivity index (χ2n) is 4.75. The second-order valence-corrected chi connectivity index (χ2v) is 4.75. The Morgan fingerprint density at radius 2 is 2.11 bits per heavy atom. The molecule has 0 fully saturated rings. The van der Waals surface area contributed by atoms with E-state index in [1.165, 1.54) is 0 Å². The zero-order valence-corrected chi connectivity index (χ0v) is 11.7. The van der Waals surface area contributed by atoms with Crippen LogP contribution in [0.3, 0.4) is 0 Å². The lowest BCUT2D eigenvalue weighted by Gasteiger charge is -2.21. The topological polar surface area (TPSA) is 44.7 Å². The van der Waals surface area contributed by atoms with E-state index in [0.29, 0.717) is 18.3 Å². The maximum Gasteiger partial charge on any atom is 0.123 e. The highest BCUT2D eigenvalue weighted by Crippen LogP contribution is 2.22. The number of rotatable bonds is 7. The van der Waals surface area contributed by atoms with Crippen molar-refractivity contribution in [3.8, 4) is 11.5 Å². The van der Waals surface area contributed by atoms with Crippen molar-refractivity contribution in [2.45, 2.75) is 26.4 Å². The molecule has 4 nitrogen and oxygen atoms in total. The highest BCUT2D eigenvalue weighted by molar-refractivity contribution is 5.39. The minimum absolute atomic E-state index is 0.277. The lowest BCUT2D eigenvalue weighted by molar-refractivity contribution is 0.273. The van der Waals surface area contributed by atoms with Crippen LogP contribution in [0, 0.1) is 0 Å². The molecule has 4 heteroatoms. The molecule has 0 saturated carbocycles. The van der Waals surface area contributed by atoms with Crippen molar-refractivity contribution < 1.29 is 9.84 Å². The molecule has 1 aromatic carbocycles. The molecule has 1 rings (SSSR count). The van der Waals surface area contributed by atoms with Gasteiger partial charge in [0.2, 0.25) is 0 Å². The van der Waals surface area contributed by atoms with Gasteiger partial charge in [-0.15, -0.1) is 0 Å². The van der Waals surface area contributed by atoms with Gasteiger partial charge in [0, 0.05) is 37.3 Å². The first-order chi connectivity index (χ1) is 8.54. The van der Waals surface area contributed by atoms with Crippen molar-refractivity contribution in [2.24, 2.45) is 0 Å². The van der Waals surface area contributed by atoms with Gasteiger partial charge in [0.25, 0.3) is 0 Å². The fourth-order valence-electron chi connectivity index (χ4n) is 1.56. The normalized spacial score (nSPS) is 11.2. The molecule has 0 atom stereocenters. The molecular formula is C14H24N2O2. The van der Waals surface area contributed by atoms with E-state index in [0.717, 1.165) is 18.7 Å². The minimum Gasteiger partial charge on any atom is -0.507 e. The number of hydrogen-bond donors (Lipinski definition) is 2. The Morgan fingerprint density at radius 1 is 1.39 bits per heavy atom. The Balaban J connectivity index is 2.35. The average Bonchev–Trinajstić information content (AvgIpc) is 2.35. The number of methoxy groups -OCH3 is 1. The van der Waals surface area contributed by atoms with Crippen LogP contribution in [0.1, 0.15) is 19.4 Å². The van der Waals surface area contributed by atoms with Crippen molar-refractivity contribution in [1.29, 1.82) is 0 Å². The smallest absolute Gasteiger partial charge is 0.123 e. The van der Waals surface area contributed by atoms with Gasteiger partial charge in [0.1, 0.15) is 11.5 Å². The summed E-state index contributed by atoms with van der Waals surface area (Å²) in [6.07, 6.45) is 0. The van der Waals surface area contributed by atoms with Gasteiger partial charge >= 0.3 is 0 Å². The van der Waals surface area contributed by atoms with E-state index >= 15 is 0 Å². The van der Waals surface area contributed by atoms with Crippen LogP contribution in [-0.2, 0) is 6.54 Å². The van der Waals surface area contributed by atoms with Gasteiger partial charge in [-0.3, -0.25) is 0 Å². The Kier molecular flexibility index (Phi) is 5.95. The van der Waals surface area contributed by atoms with E-state index in [2.05, 4.69) is 31.1 Å². The average molecular weight is 252 g/mol. The van der Waals surface area contributed by atoms with E-state index in [1.54, 1.807) is 13.2 Å². The predicted octanol–water partition coefficient (Wildman–Crippen LogP) is 1.83. The van der Waals surface area contributed by atoms with E-state index in [-0.39, 0.29) is 5.75 Å². The van der Waals surface area contributed by atoms with Crippen molar-refractivity contribution >= 4 is 0 Å². The second kappa shape index (κ2) is 7.24. The van der Waals surface area contributed by atoms with Gasteiger partial charge < -0.3 is 20.1 Å². The van der Waals surface area contributed by atoms with Crippen molar-refractivity contribution in [3.63, 3.8) is 0 Å². The van der Waals surface area contributed by atoms with Crippen LogP contribution in [0.25, 0.3) is 0 Å². The highest BCUT2D eigenvalue weighted by atomic mass is 16.5. The number of hydrogen-bond acceptors (Lipinski definition) is 4. The predicted molar refractivity (Wildman–Crippen MR) is 74.1 cm³/mol. The molecule has 0 spiro atoms. The van der Waals surface area contributed by atoms with Crippen LogP contribution < -0.4 is 10.1 Å². The van der Waals surface area contributed by atoms with Crippen LogP contribution in [-0.4, -0.2) is 43.3 Å². The summed E-state index contributed by atoms with van der Waals surface area (Å²) in [5.41, 5.74) is 0.892. The van der Waals surface area contributed by atoms with Crippen molar-refractivity contribution in [2.75, 3.05) is 27.2 Å². The quantitative estimate of drug-likeness (QED) is 0.727. The maximum atomic E-state index is 9.79. The molecular weight excluding hydrogens is 228 g/mol. The maximum absolute atomic E-state index is 9.79. The zero-order chi connectivity index (χ0) is 13.5. The lowest BCUT2D eigenvalue weighted by Crippen LogP contribution is -2.33. The molecule has 0 bridgehead atoms. The van der Waals surface area contributed by atoms with Gasteiger partial charge in [0.05, 0.1) is 7.11 Å².